The van der Waals surface area contributed by atoms with Gasteiger partial charge in [0.05, 0.1) is 6.42 Å². The number of carboxylic acid groups (broad SMARTS) is 1. The van der Waals surface area contributed by atoms with Crippen LogP contribution in [0.15, 0.2) is 0 Å². The first kappa shape index (κ1) is 16.3. The Balaban J connectivity index is 2.71. The average molecular weight is 285 g/mol. The molecule has 1 rings (SSSR count). The van der Waals surface area contributed by atoms with Gasteiger partial charge < -0.3 is 21.1 Å². The molecule has 7 nitrogen and oxygen atoms in total. The number of carboxylic acids is 1. The number of hydrogen-bond donors (Lipinski definition) is 3. The van der Waals surface area contributed by atoms with Gasteiger partial charge in [0.1, 0.15) is 6.04 Å². The topological polar surface area (TPSA) is 113 Å². The van der Waals surface area contributed by atoms with Gasteiger partial charge in [0.2, 0.25) is 5.91 Å². The van der Waals surface area contributed by atoms with Crippen molar-refractivity contribution in [3.8, 4) is 0 Å². The van der Waals surface area contributed by atoms with Gasteiger partial charge in [0.15, 0.2) is 0 Å². The zero-order chi connectivity index (χ0) is 15.3. The highest BCUT2D eigenvalue weighted by Crippen LogP contribution is 2.17. The Bertz CT molecular complexity index is 384. The summed E-state index contributed by atoms with van der Waals surface area (Å²) in [7, 11) is 0. The number of piperidine rings is 1. The van der Waals surface area contributed by atoms with Gasteiger partial charge in [-0.2, -0.15) is 0 Å². The number of nitrogens with zero attached hydrogens (tertiary/aromatic N) is 1. The smallest absolute Gasteiger partial charge is 0.318 e. The van der Waals surface area contributed by atoms with Gasteiger partial charge in [-0.25, -0.2) is 4.79 Å². The number of nitrogens with one attached hydrogen (secondary N) is 1. The van der Waals surface area contributed by atoms with Crippen molar-refractivity contribution in [1.82, 2.24) is 10.2 Å². The number of carbonyl (C=O) groups excluding carboxylic acids is 2. The van der Waals surface area contributed by atoms with Gasteiger partial charge in [0.25, 0.3) is 0 Å². The van der Waals surface area contributed by atoms with Crippen LogP contribution in [0.1, 0.15) is 39.5 Å². The molecule has 3 amide bonds. The minimum absolute atomic E-state index is 0.00753. The predicted molar refractivity (Wildman–Crippen MR) is 72.9 cm³/mol. The highest BCUT2D eigenvalue weighted by molar-refractivity contribution is 5.86. The number of urea groups is 1. The van der Waals surface area contributed by atoms with Crippen LogP contribution in [0.4, 0.5) is 4.79 Å². The molecule has 1 saturated heterocycles. The monoisotopic (exact) mass is 285 g/mol. The third kappa shape index (κ3) is 4.40. The minimum atomic E-state index is -0.964. The van der Waals surface area contributed by atoms with Crippen LogP contribution < -0.4 is 11.1 Å². The molecule has 0 aromatic heterocycles. The standard InChI is InChI=1S/C13H23N3O4/c1-8(2)9(7-11(17)18)15-13(20)16-6-4-3-5-10(16)12(14)19/h8-10H,3-7H2,1-2H3,(H2,14,19)(H,15,20)(H,17,18). The summed E-state index contributed by atoms with van der Waals surface area (Å²) < 4.78 is 0. The fraction of sp³-hybridized carbons (Fsp3) is 0.769. The van der Waals surface area contributed by atoms with Crippen LogP contribution in [0.5, 0.6) is 0 Å². The Labute approximate surface area is 118 Å². The summed E-state index contributed by atoms with van der Waals surface area (Å²) in [5.74, 6) is -1.49. The molecule has 1 heterocycles. The molecule has 0 bridgehead atoms. The van der Waals surface area contributed by atoms with Crippen molar-refractivity contribution < 1.29 is 19.5 Å². The maximum Gasteiger partial charge on any atom is 0.318 e. The number of amides is 3. The van der Waals surface area contributed by atoms with Gasteiger partial charge in [-0.05, 0) is 25.2 Å². The second-order valence-corrected chi connectivity index (χ2v) is 5.51. The van der Waals surface area contributed by atoms with Gasteiger partial charge in [-0.15, -0.1) is 0 Å². The lowest BCUT2D eigenvalue weighted by Crippen LogP contribution is -2.56. The van der Waals surface area contributed by atoms with Crippen LogP contribution >= 0.6 is 0 Å². The molecular weight excluding hydrogens is 262 g/mol. The van der Waals surface area contributed by atoms with E-state index in [2.05, 4.69) is 5.32 Å². The first-order valence-electron chi connectivity index (χ1n) is 6.91. The van der Waals surface area contributed by atoms with Crippen molar-refractivity contribution in [3.63, 3.8) is 0 Å². The molecule has 114 valence electrons. The van der Waals surface area contributed by atoms with E-state index in [4.69, 9.17) is 10.8 Å². The number of primary amides is 1. The van der Waals surface area contributed by atoms with Gasteiger partial charge >= 0.3 is 12.0 Å². The highest BCUT2D eigenvalue weighted by atomic mass is 16.4. The van der Waals surface area contributed by atoms with E-state index in [-0.39, 0.29) is 12.3 Å². The maximum absolute atomic E-state index is 12.2. The van der Waals surface area contributed by atoms with E-state index in [1.54, 1.807) is 0 Å². The molecular formula is C13H23N3O4. The van der Waals surface area contributed by atoms with Crippen molar-refractivity contribution in [2.24, 2.45) is 11.7 Å². The third-order valence-corrected chi connectivity index (χ3v) is 3.60. The van der Waals surface area contributed by atoms with E-state index in [0.29, 0.717) is 13.0 Å². The number of carbonyl (C=O) groups is 3. The highest BCUT2D eigenvalue weighted by Gasteiger charge is 2.32. The molecule has 0 aliphatic carbocycles. The van der Waals surface area contributed by atoms with Crippen molar-refractivity contribution in [1.29, 1.82) is 0 Å². The zero-order valence-corrected chi connectivity index (χ0v) is 12.0. The van der Waals surface area contributed by atoms with Crippen molar-refractivity contribution in [3.05, 3.63) is 0 Å². The molecule has 2 atom stereocenters. The summed E-state index contributed by atoms with van der Waals surface area (Å²) in [4.78, 5) is 35.8. The molecule has 0 saturated carbocycles. The van der Waals surface area contributed by atoms with Gasteiger partial charge in [-0.1, -0.05) is 13.8 Å². The van der Waals surface area contributed by atoms with Gasteiger partial charge in [-0.3, -0.25) is 9.59 Å². The second kappa shape index (κ2) is 7.12. The summed E-state index contributed by atoms with van der Waals surface area (Å²) in [5, 5.41) is 11.6. The molecule has 1 fully saturated rings. The van der Waals surface area contributed by atoms with E-state index < -0.39 is 30.0 Å². The predicted octanol–water partition coefficient (Wildman–Crippen LogP) is 0.535. The Kier molecular flexibility index (Phi) is 5.79. The fourth-order valence-electron chi connectivity index (χ4n) is 2.35. The van der Waals surface area contributed by atoms with Crippen LogP contribution in [-0.2, 0) is 9.59 Å². The normalized spacial score (nSPS) is 20.6. The van der Waals surface area contributed by atoms with E-state index in [1.165, 1.54) is 4.90 Å². The first-order valence-corrected chi connectivity index (χ1v) is 6.91. The Morgan fingerprint density at radius 2 is 2.00 bits per heavy atom. The summed E-state index contributed by atoms with van der Waals surface area (Å²) in [6.07, 6.45) is 2.11. The molecule has 7 heteroatoms. The quantitative estimate of drug-likeness (QED) is 0.684. The second-order valence-electron chi connectivity index (χ2n) is 5.51. The summed E-state index contributed by atoms with van der Waals surface area (Å²) in [6.45, 7) is 4.16. The molecule has 2 unspecified atom stereocenters. The number of likely N-dealkylation sites (tertiary alicyclic amines) is 1. The number of hydrogen-bond acceptors (Lipinski definition) is 3. The Morgan fingerprint density at radius 3 is 2.50 bits per heavy atom. The van der Waals surface area contributed by atoms with Crippen LogP contribution in [0.3, 0.4) is 0 Å². The number of rotatable bonds is 5. The summed E-state index contributed by atoms with van der Waals surface area (Å²) in [5.41, 5.74) is 5.31. The Morgan fingerprint density at radius 1 is 1.35 bits per heavy atom. The summed E-state index contributed by atoms with van der Waals surface area (Å²) >= 11 is 0. The zero-order valence-electron chi connectivity index (χ0n) is 12.0. The minimum Gasteiger partial charge on any atom is -0.481 e. The van der Waals surface area contributed by atoms with E-state index >= 15 is 0 Å². The van der Waals surface area contributed by atoms with Crippen LogP contribution in [0.25, 0.3) is 0 Å². The van der Waals surface area contributed by atoms with E-state index in [0.717, 1.165) is 12.8 Å². The van der Waals surface area contributed by atoms with E-state index in [1.807, 2.05) is 13.8 Å². The molecule has 0 aromatic carbocycles. The largest absolute Gasteiger partial charge is 0.481 e. The van der Waals surface area contributed by atoms with Crippen LogP contribution in [-0.4, -0.2) is 46.5 Å². The van der Waals surface area contributed by atoms with Gasteiger partial charge in [0, 0.05) is 12.6 Å². The molecule has 0 aromatic rings. The van der Waals surface area contributed by atoms with E-state index in [9.17, 15) is 14.4 Å². The van der Waals surface area contributed by atoms with Crippen molar-refractivity contribution in [2.75, 3.05) is 6.54 Å². The maximum atomic E-state index is 12.2. The molecule has 0 spiro atoms. The van der Waals surface area contributed by atoms with Crippen molar-refractivity contribution >= 4 is 17.9 Å². The summed E-state index contributed by atoms with van der Waals surface area (Å²) in [6, 6.07) is -1.47. The molecule has 1 aliphatic rings. The first-order chi connectivity index (χ1) is 9.32. The fourth-order valence-corrected chi connectivity index (χ4v) is 2.35. The van der Waals surface area contributed by atoms with Crippen LogP contribution in [0.2, 0.25) is 0 Å². The average Bonchev–Trinajstić information content (AvgIpc) is 2.37. The lowest BCUT2D eigenvalue weighted by atomic mass is 10.00. The van der Waals surface area contributed by atoms with Crippen molar-refractivity contribution in [2.45, 2.75) is 51.6 Å². The number of aliphatic carboxylic acids is 1. The molecule has 1 aliphatic heterocycles. The lowest BCUT2D eigenvalue weighted by Gasteiger charge is -2.35. The molecule has 20 heavy (non-hydrogen) atoms. The number of nitrogens with two attached hydrogens (primary N) is 1. The third-order valence-electron chi connectivity index (χ3n) is 3.60. The lowest BCUT2D eigenvalue weighted by molar-refractivity contribution is -0.137. The molecule has 0 radical (unpaired) electrons. The SMILES string of the molecule is CC(C)C(CC(=O)O)NC(=O)N1CCCCC1C(N)=O. The molecule has 4 N–H and O–H groups in total. The Hall–Kier alpha value is -1.79. The van der Waals surface area contributed by atoms with Crippen LogP contribution in [0, 0.1) is 5.92 Å².